The van der Waals surface area contributed by atoms with Crippen molar-refractivity contribution in [3.8, 4) is 11.1 Å². The molecule has 1 heteroatoms. The van der Waals surface area contributed by atoms with Crippen LogP contribution in [0.5, 0.6) is 0 Å². The molecule has 2 aromatic carbocycles. The molecule has 0 aliphatic rings. The SMILES string of the molecule is Cc1cc(C=O)cc(C)c1-c1ccccc1. The lowest BCUT2D eigenvalue weighted by molar-refractivity contribution is 0.112. The quantitative estimate of drug-likeness (QED) is 0.689. The van der Waals surface area contributed by atoms with Crippen LogP contribution in [0.4, 0.5) is 0 Å². The van der Waals surface area contributed by atoms with Gasteiger partial charge in [-0.3, -0.25) is 4.79 Å². The maximum atomic E-state index is 10.8. The van der Waals surface area contributed by atoms with E-state index >= 15 is 0 Å². The zero-order valence-corrected chi connectivity index (χ0v) is 9.53. The largest absolute Gasteiger partial charge is 0.298 e. The molecular formula is C15H14O. The first-order valence-electron chi connectivity index (χ1n) is 5.34. The molecule has 0 amide bonds. The number of benzene rings is 2. The zero-order valence-electron chi connectivity index (χ0n) is 9.53. The number of aryl methyl sites for hydroxylation is 2. The lowest BCUT2D eigenvalue weighted by Crippen LogP contribution is -1.91. The van der Waals surface area contributed by atoms with Gasteiger partial charge in [-0.15, -0.1) is 0 Å². The molecule has 0 bridgehead atoms. The first kappa shape index (κ1) is 10.6. The molecule has 80 valence electrons. The van der Waals surface area contributed by atoms with Crippen LogP contribution in [-0.2, 0) is 0 Å². The molecule has 0 fully saturated rings. The van der Waals surface area contributed by atoms with Gasteiger partial charge in [-0.2, -0.15) is 0 Å². The number of carbonyl (C=O) groups excluding carboxylic acids is 1. The Bertz CT molecular complexity index is 489. The topological polar surface area (TPSA) is 17.1 Å². The summed E-state index contributed by atoms with van der Waals surface area (Å²) >= 11 is 0. The highest BCUT2D eigenvalue weighted by Gasteiger charge is 2.06. The Morgan fingerprint density at radius 2 is 1.50 bits per heavy atom. The molecule has 0 heterocycles. The standard InChI is InChI=1S/C15H14O/c1-11-8-13(10-16)9-12(2)15(11)14-6-4-3-5-7-14/h3-10H,1-2H3. The van der Waals surface area contributed by atoms with Crippen LogP contribution in [0, 0.1) is 13.8 Å². The molecule has 0 atom stereocenters. The Morgan fingerprint density at radius 3 is 2.00 bits per heavy atom. The average Bonchev–Trinajstić information content (AvgIpc) is 2.29. The summed E-state index contributed by atoms with van der Waals surface area (Å²) in [5.41, 5.74) is 5.47. The Labute approximate surface area is 95.7 Å². The molecule has 0 aromatic heterocycles. The van der Waals surface area contributed by atoms with Crippen LogP contribution in [0.2, 0.25) is 0 Å². The van der Waals surface area contributed by atoms with Crippen molar-refractivity contribution >= 4 is 6.29 Å². The van der Waals surface area contributed by atoms with Gasteiger partial charge in [0.25, 0.3) is 0 Å². The third-order valence-electron chi connectivity index (χ3n) is 2.75. The van der Waals surface area contributed by atoms with Gasteiger partial charge in [0.1, 0.15) is 6.29 Å². The minimum absolute atomic E-state index is 0.745. The highest BCUT2D eigenvalue weighted by molar-refractivity contribution is 5.80. The van der Waals surface area contributed by atoms with Gasteiger partial charge in [0.05, 0.1) is 0 Å². The van der Waals surface area contributed by atoms with Crippen LogP contribution in [0.1, 0.15) is 21.5 Å². The average molecular weight is 210 g/mol. The van der Waals surface area contributed by atoms with E-state index in [4.69, 9.17) is 0 Å². The summed E-state index contributed by atoms with van der Waals surface area (Å²) < 4.78 is 0. The molecule has 2 rings (SSSR count). The molecule has 0 radical (unpaired) electrons. The summed E-state index contributed by atoms with van der Waals surface area (Å²) in [5, 5.41) is 0. The van der Waals surface area contributed by atoms with Crippen molar-refractivity contribution in [2.45, 2.75) is 13.8 Å². The van der Waals surface area contributed by atoms with Crippen LogP contribution in [-0.4, -0.2) is 6.29 Å². The Morgan fingerprint density at radius 1 is 0.938 bits per heavy atom. The van der Waals surface area contributed by atoms with Gasteiger partial charge in [-0.25, -0.2) is 0 Å². The lowest BCUT2D eigenvalue weighted by Gasteiger charge is -2.10. The molecule has 0 unspecified atom stereocenters. The molecule has 0 aliphatic carbocycles. The fourth-order valence-corrected chi connectivity index (χ4v) is 2.13. The van der Waals surface area contributed by atoms with E-state index in [9.17, 15) is 4.79 Å². The third-order valence-corrected chi connectivity index (χ3v) is 2.75. The van der Waals surface area contributed by atoms with Gasteiger partial charge < -0.3 is 0 Å². The summed E-state index contributed by atoms with van der Waals surface area (Å²) in [4.78, 5) is 10.8. The zero-order chi connectivity index (χ0) is 11.5. The van der Waals surface area contributed by atoms with Crippen molar-refractivity contribution in [3.05, 3.63) is 59.2 Å². The summed E-state index contributed by atoms with van der Waals surface area (Å²) in [5.74, 6) is 0. The maximum absolute atomic E-state index is 10.8. The van der Waals surface area contributed by atoms with Crippen LogP contribution >= 0.6 is 0 Å². The van der Waals surface area contributed by atoms with E-state index in [2.05, 4.69) is 12.1 Å². The number of rotatable bonds is 2. The van der Waals surface area contributed by atoms with Crippen molar-refractivity contribution in [2.75, 3.05) is 0 Å². The fourth-order valence-electron chi connectivity index (χ4n) is 2.13. The highest BCUT2D eigenvalue weighted by atomic mass is 16.1. The smallest absolute Gasteiger partial charge is 0.150 e. The van der Waals surface area contributed by atoms with E-state index < -0.39 is 0 Å². The van der Waals surface area contributed by atoms with Crippen LogP contribution in [0.25, 0.3) is 11.1 Å². The molecule has 0 saturated carbocycles. The summed E-state index contributed by atoms with van der Waals surface area (Å²) in [6.45, 7) is 4.09. The first-order chi connectivity index (χ1) is 7.72. The number of aldehydes is 1. The van der Waals surface area contributed by atoms with E-state index in [-0.39, 0.29) is 0 Å². The van der Waals surface area contributed by atoms with E-state index in [0.29, 0.717) is 0 Å². The second kappa shape index (κ2) is 4.31. The van der Waals surface area contributed by atoms with Gasteiger partial charge in [0, 0.05) is 5.56 Å². The van der Waals surface area contributed by atoms with E-state index in [1.165, 1.54) is 11.1 Å². The molecular weight excluding hydrogens is 196 g/mol. The van der Waals surface area contributed by atoms with Crippen molar-refractivity contribution in [3.63, 3.8) is 0 Å². The highest BCUT2D eigenvalue weighted by Crippen LogP contribution is 2.27. The minimum Gasteiger partial charge on any atom is -0.298 e. The molecule has 1 nitrogen and oxygen atoms in total. The molecule has 16 heavy (non-hydrogen) atoms. The summed E-state index contributed by atoms with van der Waals surface area (Å²) in [6.07, 6.45) is 0.898. The molecule has 0 spiro atoms. The van der Waals surface area contributed by atoms with Crippen LogP contribution in [0.3, 0.4) is 0 Å². The van der Waals surface area contributed by atoms with Crippen LogP contribution in [0.15, 0.2) is 42.5 Å². The number of hydrogen-bond acceptors (Lipinski definition) is 1. The number of hydrogen-bond donors (Lipinski definition) is 0. The molecule has 2 aromatic rings. The van der Waals surface area contributed by atoms with E-state index in [0.717, 1.165) is 23.0 Å². The summed E-state index contributed by atoms with van der Waals surface area (Å²) in [6, 6.07) is 14.1. The van der Waals surface area contributed by atoms with Gasteiger partial charge in [0.2, 0.25) is 0 Å². The Balaban J connectivity index is 2.62. The molecule has 0 saturated heterocycles. The van der Waals surface area contributed by atoms with E-state index in [1.54, 1.807) is 0 Å². The predicted molar refractivity (Wildman–Crippen MR) is 66.7 cm³/mol. The normalized spacial score (nSPS) is 10.1. The molecule has 0 N–H and O–H groups in total. The maximum Gasteiger partial charge on any atom is 0.150 e. The van der Waals surface area contributed by atoms with Crippen molar-refractivity contribution in [1.29, 1.82) is 0 Å². The van der Waals surface area contributed by atoms with Crippen molar-refractivity contribution < 1.29 is 4.79 Å². The third kappa shape index (κ3) is 1.89. The molecule has 0 aliphatic heterocycles. The monoisotopic (exact) mass is 210 g/mol. The van der Waals surface area contributed by atoms with E-state index in [1.807, 2.05) is 44.2 Å². The Kier molecular flexibility index (Phi) is 2.86. The van der Waals surface area contributed by atoms with Crippen molar-refractivity contribution in [2.24, 2.45) is 0 Å². The van der Waals surface area contributed by atoms with Crippen LogP contribution < -0.4 is 0 Å². The summed E-state index contributed by atoms with van der Waals surface area (Å²) in [7, 11) is 0. The predicted octanol–water partition coefficient (Wildman–Crippen LogP) is 3.78. The minimum atomic E-state index is 0.745. The fraction of sp³-hybridized carbons (Fsp3) is 0.133. The second-order valence-electron chi connectivity index (χ2n) is 4.01. The van der Waals surface area contributed by atoms with Crippen molar-refractivity contribution in [1.82, 2.24) is 0 Å². The van der Waals surface area contributed by atoms with Gasteiger partial charge in [-0.1, -0.05) is 30.3 Å². The lowest BCUT2D eigenvalue weighted by atomic mass is 9.94. The van der Waals surface area contributed by atoms with Gasteiger partial charge in [0.15, 0.2) is 0 Å². The Hall–Kier alpha value is -1.89. The van der Waals surface area contributed by atoms with Gasteiger partial charge >= 0.3 is 0 Å². The first-order valence-corrected chi connectivity index (χ1v) is 5.34. The van der Waals surface area contributed by atoms with Gasteiger partial charge in [-0.05, 0) is 48.2 Å². The number of carbonyl (C=O) groups is 1. The second-order valence-corrected chi connectivity index (χ2v) is 4.01.